The lowest BCUT2D eigenvalue weighted by atomic mass is 9.90. The van der Waals surface area contributed by atoms with Crippen LogP contribution in [-0.4, -0.2) is 52.1 Å². The van der Waals surface area contributed by atoms with Crippen molar-refractivity contribution < 1.29 is 23.4 Å². The van der Waals surface area contributed by atoms with Gasteiger partial charge in [0, 0.05) is 16.8 Å². The molecule has 0 radical (unpaired) electrons. The van der Waals surface area contributed by atoms with Crippen LogP contribution >= 0.6 is 11.6 Å². The first-order valence-electron chi connectivity index (χ1n) is 12.7. The molecule has 1 heterocycles. The fourth-order valence-electron chi connectivity index (χ4n) is 5.14. The maximum Gasteiger partial charge on any atom is 0.251 e. The average molecular weight is 556 g/mol. The molecule has 38 heavy (non-hydrogen) atoms. The molecule has 3 aromatic rings. The Kier molecular flexibility index (Phi) is 7.57. The van der Waals surface area contributed by atoms with Crippen LogP contribution in [-0.2, 0) is 22.1 Å². The Labute approximate surface area is 227 Å². The Morgan fingerprint density at radius 1 is 1.03 bits per heavy atom. The molecule has 200 valence electrons. The molecule has 8 nitrogen and oxygen atoms in total. The van der Waals surface area contributed by atoms with Crippen molar-refractivity contribution in [2.45, 2.75) is 67.3 Å². The van der Waals surface area contributed by atoms with Crippen molar-refractivity contribution in [1.82, 2.24) is 14.6 Å². The zero-order valence-corrected chi connectivity index (χ0v) is 22.3. The molecule has 0 spiro atoms. The van der Waals surface area contributed by atoms with Crippen LogP contribution in [0.15, 0.2) is 77.8 Å². The van der Waals surface area contributed by atoms with E-state index in [-0.39, 0.29) is 17.3 Å². The summed E-state index contributed by atoms with van der Waals surface area (Å²) in [5.41, 5.74) is 1.04. The number of amides is 1. The van der Waals surface area contributed by atoms with E-state index in [0.29, 0.717) is 42.0 Å². The zero-order chi connectivity index (χ0) is 26.9. The summed E-state index contributed by atoms with van der Waals surface area (Å²) in [6.45, 7) is 0.0932. The molecule has 1 amide bonds. The number of carbonyl (C=O) groups excluding carboxylic acids is 1. The normalized spacial score (nSPS) is 22.7. The zero-order valence-electron chi connectivity index (χ0n) is 20.7. The van der Waals surface area contributed by atoms with E-state index >= 15 is 0 Å². The number of sulfonamides is 1. The van der Waals surface area contributed by atoms with Gasteiger partial charge in [-0.05, 0) is 86.2 Å². The van der Waals surface area contributed by atoms with Crippen molar-refractivity contribution in [3.63, 3.8) is 0 Å². The molecular weight excluding hydrogens is 526 g/mol. The Morgan fingerprint density at radius 2 is 1.74 bits per heavy atom. The monoisotopic (exact) mass is 555 g/mol. The quantitative estimate of drug-likeness (QED) is 0.390. The van der Waals surface area contributed by atoms with Crippen LogP contribution in [0.3, 0.4) is 0 Å². The number of hydrogen-bond donors (Lipinski definition) is 3. The molecule has 2 unspecified atom stereocenters. The van der Waals surface area contributed by atoms with E-state index in [1.54, 1.807) is 54.7 Å². The van der Waals surface area contributed by atoms with Gasteiger partial charge in [0.2, 0.25) is 10.0 Å². The molecule has 2 saturated carbocycles. The highest BCUT2D eigenvalue weighted by molar-refractivity contribution is 7.89. The molecule has 5 rings (SSSR count). The van der Waals surface area contributed by atoms with Crippen LogP contribution < -0.4 is 5.32 Å². The van der Waals surface area contributed by atoms with E-state index in [0.717, 1.165) is 12.0 Å². The molecule has 10 heteroatoms. The van der Waals surface area contributed by atoms with Gasteiger partial charge in [0.1, 0.15) is 0 Å². The summed E-state index contributed by atoms with van der Waals surface area (Å²) in [6, 6.07) is 17.9. The third kappa shape index (κ3) is 5.34. The van der Waals surface area contributed by atoms with Gasteiger partial charge >= 0.3 is 0 Å². The second kappa shape index (κ2) is 10.7. The number of halogens is 1. The Hall–Kier alpha value is -2.82. The lowest BCUT2D eigenvalue weighted by Gasteiger charge is -2.32. The average Bonchev–Trinajstić information content (AvgIpc) is 3.72. The van der Waals surface area contributed by atoms with Crippen LogP contribution in [0, 0.1) is 0 Å². The van der Waals surface area contributed by atoms with E-state index in [1.165, 1.54) is 16.4 Å². The number of aliphatic hydroxyl groups excluding tert-OH is 2. The summed E-state index contributed by atoms with van der Waals surface area (Å²) in [4.78, 5) is 17.4. The van der Waals surface area contributed by atoms with Crippen molar-refractivity contribution in [2.75, 3.05) is 0 Å². The number of aliphatic hydroxyl groups is 2. The number of nitrogens with one attached hydrogen (secondary N) is 1. The maximum absolute atomic E-state index is 13.9. The van der Waals surface area contributed by atoms with Gasteiger partial charge in [-0.3, -0.25) is 9.78 Å². The molecule has 3 atom stereocenters. The predicted octanol–water partition coefficient (Wildman–Crippen LogP) is 3.62. The van der Waals surface area contributed by atoms with Gasteiger partial charge in [0.15, 0.2) is 0 Å². The van der Waals surface area contributed by atoms with Crippen molar-refractivity contribution in [2.24, 2.45) is 0 Å². The highest BCUT2D eigenvalue weighted by Gasteiger charge is 2.54. The third-order valence-corrected chi connectivity index (χ3v) is 9.64. The number of pyridine rings is 1. The highest BCUT2D eigenvalue weighted by Crippen LogP contribution is 2.53. The number of benzene rings is 2. The smallest absolute Gasteiger partial charge is 0.251 e. The Morgan fingerprint density at radius 3 is 2.37 bits per heavy atom. The van der Waals surface area contributed by atoms with Gasteiger partial charge in [0.25, 0.3) is 5.91 Å². The summed E-state index contributed by atoms with van der Waals surface area (Å²) < 4.78 is 29.3. The molecule has 0 bridgehead atoms. The van der Waals surface area contributed by atoms with Crippen molar-refractivity contribution >= 4 is 27.5 Å². The summed E-state index contributed by atoms with van der Waals surface area (Å²) in [5.74, 6) is -0.348. The van der Waals surface area contributed by atoms with Crippen molar-refractivity contribution in [3.05, 3.63) is 94.8 Å². The Bertz CT molecular complexity index is 1380. The summed E-state index contributed by atoms with van der Waals surface area (Å²) >= 11 is 6.01. The fraction of sp³-hybridized carbons (Fsp3) is 0.357. The maximum atomic E-state index is 13.9. The van der Waals surface area contributed by atoms with Crippen LogP contribution in [0.2, 0.25) is 5.02 Å². The molecular formula is C28H30ClN3O5S. The van der Waals surface area contributed by atoms with Gasteiger partial charge in [-0.2, -0.15) is 4.31 Å². The summed E-state index contributed by atoms with van der Waals surface area (Å²) in [6.07, 6.45) is 2.87. The van der Waals surface area contributed by atoms with E-state index < -0.39 is 33.8 Å². The molecule has 1 aromatic heterocycles. The number of rotatable bonds is 8. The Balaban J connectivity index is 1.42. The first kappa shape index (κ1) is 26.8. The molecule has 2 aromatic carbocycles. The van der Waals surface area contributed by atoms with Gasteiger partial charge in [-0.1, -0.05) is 29.8 Å². The van der Waals surface area contributed by atoms with Gasteiger partial charge in [-0.15, -0.1) is 0 Å². The van der Waals surface area contributed by atoms with Crippen LogP contribution in [0.4, 0.5) is 0 Å². The lowest BCUT2D eigenvalue weighted by Crippen LogP contribution is -2.51. The first-order valence-corrected chi connectivity index (χ1v) is 14.5. The second-order valence-corrected chi connectivity index (χ2v) is 12.3. The van der Waals surface area contributed by atoms with Crippen LogP contribution in [0.5, 0.6) is 0 Å². The number of hydrogen-bond acceptors (Lipinski definition) is 6. The molecule has 2 fully saturated rings. The number of nitrogens with zero attached hydrogens (tertiary/aromatic N) is 2. The third-order valence-electron chi connectivity index (χ3n) is 7.46. The number of carbonyl (C=O) groups is 1. The van der Waals surface area contributed by atoms with E-state index in [1.807, 2.05) is 6.07 Å². The van der Waals surface area contributed by atoms with Crippen molar-refractivity contribution in [3.8, 4) is 0 Å². The van der Waals surface area contributed by atoms with E-state index in [4.69, 9.17) is 11.6 Å². The van der Waals surface area contributed by atoms with Gasteiger partial charge in [-0.25, -0.2) is 8.42 Å². The highest BCUT2D eigenvalue weighted by atomic mass is 35.5. The molecule has 0 saturated heterocycles. The minimum atomic E-state index is -3.91. The second-order valence-electron chi connectivity index (χ2n) is 9.96. The molecule has 2 aliphatic carbocycles. The molecule has 2 aliphatic rings. The SMILES string of the molecule is O=C(N[C@H]1CCCC(O)C1O)c1ccc(C2(N(Cc3ccccn3)S(=O)(=O)c3ccc(Cl)cc3)CC2)cc1. The molecule has 3 N–H and O–H groups in total. The summed E-state index contributed by atoms with van der Waals surface area (Å²) in [5, 5.41) is 23.4. The van der Waals surface area contributed by atoms with E-state index in [2.05, 4.69) is 10.3 Å². The first-order chi connectivity index (χ1) is 18.2. The van der Waals surface area contributed by atoms with Gasteiger partial charge in [0.05, 0.1) is 40.9 Å². The molecule has 0 aliphatic heterocycles. The van der Waals surface area contributed by atoms with Gasteiger partial charge < -0.3 is 15.5 Å². The largest absolute Gasteiger partial charge is 0.390 e. The minimum absolute atomic E-state index is 0.0932. The van der Waals surface area contributed by atoms with Crippen LogP contribution in [0.1, 0.15) is 53.7 Å². The number of aromatic nitrogens is 1. The fourth-order valence-corrected chi connectivity index (χ4v) is 7.05. The van der Waals surface area contributed by atoms with Crippen LogP contribution in [0.25, 0.3) is 0 Å². The summed E-state index contributed by atoms with van der Waals surface area (Å²) in [7, 11) is -3.91. The predicted molar refractivity (Wildman–Crippen MR) is 143 cm³/mol. The topological polar surface area (TPSA) is 120 Å². The lowest BCUT2D eigenvalue weighted by molar-refractivity contribution is -0.0278. The minimum Gasteiger partial charge on any atom is -0.390 e. The van der Waals surface area contributed by atoms with Crippen molar-refractivity contribution in [1.29, 1.82) is 0 Å². The van der Waals surface area contributed by atoms with E-state index in [9.17, 15) is 23.4 Å². The standard InChI is InChI=1S/C28H30ClN3O5S/c29-21-11-13-23(14-12-21)38(36,37)32(18-22-4-1-2-17-30-22)28(15-16-28)20-9-7-19(8-10-20)27(35)31-24-5-3-6-25(33)26(24)34/h1-2,4,7-14,17,24-26,33-34H,3,5-6,15-16,18H2,(H,31,35)/t24-,25?,26?/m0/s1.